The smallest absolute Gasteiger partial charge is 0.127 e. The molecule has 0 radical (unpaired) electrons. The van der Waals surface area contributed by atoms with E-state index in [4.69, 9.17) is 0 Å². The predicted octanol–water partition coefficient (Wildman–Crippen LogP) is 2.57. The minimum absolute atomic E-state index is 0.212. The minimum Gasteiger partial charge on any atom is -0.388 e. The van der Waals surface area contributed by atoms with Crippen LogP contribution in [-0.4, -0.2) is 5.11 Å². The topological polar surface area (TPSA) is 20.2 Å². The van der Waals surface area contributed by atoms with Crippen LogP contribution < -0.4 is 0 Å². The van der Waals surface area contributed by atoms with Crippen molar-refractivity contribution in [3.05, 3.63) is 33.5 Å². The second kappa shape index (κ2) is 2.82. The van der Waals surface area contributed by atoms with Crippen LogP contribution in [0.1, 0.15) is 23.7 Å². The third-order valence-corrected chi connectivity index (χ3v) is 2.68. The quantitative estimate of drug-likeness (QED) is 0.727. The minimum atomic E-state index is -0.480. The molecule has 1 aliphatic rings. The second-order valence-electron chi connectivity index (χ2n) is 3.01. The number of rotatable bonds is 0. The fraction of sp³-hybridized carbons (Fsp3) is 0.333. The van der Waals surface area contributed by atoms with Crippen molar-refractivity contribution in [2.45, 2.75) is 18.9 Å². The molecule has 12 heavy (non-hydrogen) atoms. The number of aliphatic hydroxyl groups is 1. The molecule has 0 saturated heterocycles. The molecule has 1 atom stereocenters. The van der Waals surface area contributed by atoms with E-state index in [1.54, 1.807) is 6.07 Å². The highest BCUT2D eigenvalue weighted by atomic mass is 79.9. The van der Waals surface area contributed by atoms with Crippen molar-refractivity contribution in [3.63, 3.8) is 0 Å². The van der Waals surface area contributed by atoms with Gasteiger partial charge in [0.1, 0.15) is 5.82 Å². The van der Waals surface area contributed by atoms with Gasteiger partial charge in [-0.1, -0.05) is 15.9 Å². The van der Waals surface area contributed by atoms with Crippen LogP contribution in [-0.2, 0) is 6.42 Å². The normalized spacial score (nSPS) is 21.1. The van der Waals surface area contributed by atoms with Gasteiger partial charge in [0.05, 0.1) is 6.10 Å². The molecule has 0 spiro atoms. The lowest BCUT2D eigenvalue weighted by Gasteiger charge is -2.04. The van der Waals surface area contributed by atoms with E-state index >= 15 is 0 Å². The van der Waals surface area contributed by atoms with Crippen molar-refractivity contribution in [2.75, 3.05) is 0 Å². The van der Waals surface area contributed by atoms with Crippen molar-refractivity contribution in [3.8, 4) is 0 Å². The Morgan fingerprint density at radius 3 is 3.00 bits per heavy atom. The zero-order chi connectivity index (χ0) is 8.72. The van der Waals surface area contributed by atoms with E-state index in [0.717, 1.165) is 5.56 Å². The maximum absolute atomic E-state index is 13.2. The lowest BCUT2D eigenvalue weighted by molar-refractivity contribution is 0.180. The van der Waals surface area contributed by atoms with Crippen LogP contribution in [0.25, 0.3) is 0 Å². The number of hydrogen-bond donors (Lipinski definition) is 1. The van der Waals surface area contributed by atoms with Crippen molar-refractivity contribution in [1.82, 2.24) is 0 Å². The summed E-state index contributed by atoms with van der Waals surface area (Å²) in [6.07, 6.45) is 0.810. The summed E-state index contributed by atoms with van der Waals surface area (Å²) in [4.78, 5) is 0. The fourth-order valence-electron chi connectivity index (χ4n) is 1.62. The van der Waals surface area contributed by atoms with Crippen LogP contribution >= 0.6 is 15.9 Å². The van der Waals surface area contributed by atoms with Crippen LogP contribution in [0.2, 0.25) is 0 Å². The summed E-state index contributed by atoms with van der Waals surface area (Å²) in [5.74, 6) is -0.212. The lowest BCUT2D eigenvalue weighted by atomic mass is 10.1. The molecule has 0 bridgehead atoms. The van der Waals surface area contributed by atoms with Crippen LogP contribution in [0.3, 0.4) is 0 Å². The summed E-state index contributed by atoms with van der Waals surface area (Å²) in [5.41, 5.74) is 1.41. The Bertz CT molecular complexity index is 325. The van der Waals surface area contributed by atoms with E-state index in [1.807, 2.05) is 0 Å². The molecule has 1 aromatic carbocycles. The number of halogens is 2. The molecule has 0 saturated carbocycles. The molecule has 1 aromatic rings. The first-order chi connectivity index (χ1) is 5.68. The molecule has 0 fully saturated rings. The monoisotopic (exact) mass is 230 g/mol. The molecule has 0 heterocycles. The number of benzene rings is 1. The Labute approximate surface area is 78.3 Å². The zero-order valence-corrected chi connectivity index (χ0v) is 7.94. The van der Waals surface area contributed by atoms with Gasteiger partial charge in [0.15, 0.2) is 0 Å². The largest absolute Gasteiger partial charge is 0.388 e. The van der Waals surface area contributed by atoms with Crippen molar-refractivity contribution in [2.24, 2.45) is 0 Å². The van der Waals surface area contributed by atoms with E-state index in [0.29, 0.717) is 22.9 Å². The van der Waals surface area contributed by atoms with E-state index < -0.39 is 6.10 Å². The van der Waals surface area contributed by atoms with Crippen molar-refractivity contribution < 1.29 is 9.50 Å². The number of aliphatic hydroxyl groups excluding tert-OH is 1. The Balaban J connectivity index is 2.60. The van der Waals surface area contributed by atoms with Gasteiger partial charge in [-0.3, -0.25) is 0 Å². The highest BCUT2D eigenvalue weighted by molar-refractivity contribution is 9.10. The Morgan fingerprint density at radius 1 is 1.50 bits per heavy atom. The van der Waals surface area contributed by atoms with E-state index in [-0.39, 0.29) is 5.82 Å². The molecule has 0 unspecified atom stereocenters. The average molecular weight is 231 g/mol. The molecule has 0 aromatic heterocycles. The van der Waals surface area contributed by atoms with Crippen LogP contribution in [0, 0.1) is 5.82 Å². The van der Waals surface area contributed by atoms with Crippen LogP contribution in [0.4, 0.5) is 4.39 Å². The number of hydrogen-bond acceptors (Lipinski definition) is 1. The Morgan fingerprint density at radius 2 is 2.25 bits per heavy atom. The van der Waals surface area contributed by atoms with Gasteiger partial charge >= 0.3 is 0 Å². The molecule has 2 rings (SSSR count). The van der Waals surface area contributed by atoms with Gasteiger partial charge in [-0.15, -0.1) is 0 Å². The molecular weight excluding hydrogens is 223 g/mol. The van der Waals surface area contributed by atoms with Gasteiger partial charge in [-0.25, -0.2) is 4.39 Å². The molecule has 3 heteroatoms. The van der Waals surface area contributed by atoms with Gasteiger partial charge in [0, 0.05) is 4.47 Å². The highest BCUT2D eigenvalue weighted by Crippen LogP contribution is 2.34. The molecule has 0 aliphatic heterocycles. The third-order valence-electron chi connectivity index (χ3n) is 2.22. The summed E-state index contributed by atoms with van der Waals surface area (Å²) in [6.45, 7) is 0. The standard InChI is InChI=1S/C9H8BrFO/c10-5-3-7-6(8(11)4-5)1-2-9(7)12/h3-4,9,12H,1-2H2/t9-/m1/s1. The summed E-state index contributed by atoms with van der Waals surface area (Å²) in [6, 6.07) is 3.23. The lowest BCUT2D eigenvalue weighted by Crippen LogP contribution is -1.92. The van der Waals surface area contributed by atoms with Gasteiger partial charge in [-0.2, -0.15) is 0 Å². The summed E-state index contributed by atoms with van der Waals surface area (Å²) in [7, 11) is 0. The molecular formula is C9H8BrFO. The third kappa shape index (κ3) is 1.17. The summed E-state index contributed by atoms with van der Waals surface area (Å²) in [5, 5.41) is 9.44. The molecule has 1 aliphatic carbocycles. The first-order valence-electron chi connectivity index (χ1n) is 3.84. The SMILES string of the molecule is O[C@@H]1CCc2c(F)cc(Br)cc21. The van der Waals surface area contributed by atoms with Gasteiger partial charge in [0.25, 0.3) is 0 Å². The summed E-state index contributed by atoms with van der Waals surface area (Å²) >= 11 is 3.19. The van der Waals surface area contributed by atoms with Crippen LogP contribution in [0.5, 0.6) is 0 Å². The van der Waals surface area contributed by atoms with Crippen LogP contribution in [0.15, 0.2) is 16.6 Å². The van der Waals surface area contributed by atoms with Gasteiger partial charge < -0.3 is 5.11 Å². The molecule has 1 N–H and O–H groups in total. The molecule has 64 valence electrons. The second-order valence-corrected chi connectivity index (χ2v) is 3.93. The summed E-state index contributed by atoms with van der Waals surface area (Å²) < 4.78 is 13.9. The predicted molar refractivity (Wildman–Crippen MR) is 47.4 cm³/mol. The van der Waals surface area contributed by atoms with E-state index in [9.17, 15) is 9.50 Å². The van der Waals surface area contributed by atoms with Gasteiger partial charge in [-0.05, 0) is 36.1 Å². The Kier molecular flexibility index (Phi) is 1.93. The fourth-order valence-corrected chi connectivity index (χ4v) is 2.07. The highest BCUT2D eigenvalue weighted by Gasteiger charge is 2.23. The van der Waals surface area contributed by atoms with Crippen molar-refractivity contribution in [1.29, 1.82) is 0 Å². The first-order valence-corrected chi connectivity index (χ1v) is 4.63. The van der Waals surface area contributed by atoms with E-state index in [1.165, 1.54) is 6.07 Å². The van der Waals surface area contributed by atoms with Crippen molar-refractivity contribution >= 4 is 15.9 Å². The van der Waals surface area contributed by atoms with E-state index in [2.05, 4.69) is 15.9 Å². The zero-order valence-electron chi connectivity index (χ0n) is 6.35. The maximum Gasteiger partial charge on any atom is 0.127 e. The molecule has 1 nitrogen and oxygen atoms in total. The number of fused-ring (bicyclic) bond motifs is 1. The Hall–Kier alpha value is -0.410. The first kappa shape index (κ1) is 8.20. The van der Waals surface area contributed by atoms with Gasteiger partial charge in [0.2, 0.25) is 0 Å². The maximum atomic E-state index is 13.2. The molecule has 0 amide bonds. The average Bonchev–Trinajstić information content (AvgIpc) is 2.33.